The van der Waals surface area contributed by atoms with Crippen LogP contribution in [0.2, 0.25) is 5.02 Å². The number of nitrogens with one attached hydrogen (secondary N) is 4. The maximum atomic E-state index is 13.1. The summed E-state index contributed by atoms with van der Waals surface area (Å²) in [6, 6.07) is 18.8. The minimum atomic E-state index is -2.55. The van der Waals surface area contributed by atoms with Crippen molar-refractivity contribution < 1.29 is 23.7 Å². The third-order valence-corrected chi connectivity index (χ3v) is 12.6. The first-order valence-electron chi connectivity index (χ1n) is 19.6. The van der Waals surface area contributed by atoms with E-state index in [9.17, 15) is 18.9 Å². The van der Waals surface area contributed by atoms with Crippen LogP contribution in [0.25, 0.3) is 0 Å². The molecular formula is C43H48ClN8O5P. The quantitative estimate of drug-likeness (QED) is 0.0511. The average molecular weight is 823 g/mol. The Hall–Kier alpha value is -5.41. The van der Waals surface area contributed by atoms with Gasteiger partial charge in [-0.3, -0.25) is 19.7 Å². The lowest BCUT2D eigenvalue weighted by Gasteiger charge is -2.34. The van der Waals surface area contributed by atoms with Crippen molar-refractivity contribution in [2.24, 2.45) is 0 Å². The highest BCUT2D eigenvalue weighted by Gasteiger charge is 2.39. The Morgan fingerprint density at radius 1 is 0.983 bits per heavy atom. The highest BCUT2D eigenvalue weighted by atomic mass is 35.5. The van der Waals surface area contributed by atoms with Crippen molar-refractivity contribution in [3.8, 4) is 17.6 Å². The van der Waals surface area contributed by atoms with Gasteiger partial charge in [0.25, 0.3) is 5.91 Å². The van der Waals surface area contributed by atoms with Gasteiger partial charge in [0.2, 0.25) is 17.8 Å². The van der Waals surface area contributed by atoms with E-state index in [1.165, 1.54) is 6.20 Å². The summed E-state index contributed by atoms with van der Waals surface area (Å²) >= 11 is 6.46. The van der Waals surface area contributed by atoms with Gasteiger partial charge in [0.1, 0.15) is 24.0 Å². The highest BCUT2D eigenvalue weighted by molar-refractivity contribution is 7.70. The maximum Gasteiger partial charge on any atom is 0.255 e. The first-order valence-corrected chi connectivity index (χ1v) is 22.6. The Bertz CT molecular complexity index is 2320. The van der Waals surface area contributed by atoms with E-state index in [0.717, 1.165) is 68.6 Å². The Morgan fingerprint density at radius 3 is 2.57 bits per heavy atom. The molecule has 4 heterocycles. The van der Waals surface area contributed by atoms with Crippen molar-refractivity contribution in [3.63, 3.8) is 0 Å². The molecule has 0 aliphatic carbocycles. The number of benzene rings is 3. The molecule has 58 heavy (non-hydrogen) atoms. The van der Waals surface area contributed by atoms with E-state index in [2.05, 4.69) is 54.0 Å². The van der Waals surface area contributed by atoms with E-state index >= 15 is 0 Å². The Morgan fingerprint density at radius 2 is 1.79 bits per heavy atom. The van der Waals surface area contributed by atoms with Crippen molar-refractivity contribution in [1.82, 2.24) is 25.5 Å². The number of unbranched alkanes of at least 4 members (excludes halogenated alkanes) is 2. The first-order chi connectivity index (χ1) is 28.0. The number of amides is 3. The summed E-state index contributed by atoms with van der Waals surface area (Å²) in [6.07, 6.45) is 6.87. The van der Waals surface area contributed by atoms with Crippen LogP contribution < -0.4 is 36.2 Å². The van der Waals surface area contributed by atoms with E-state index in [-0.39, 0.29) is 18.2 Å². The molecule has 4 aromatic rings. The van der Waals surface area contributed by atoms with E-state index < -0.39 is 19.1 Å². The molecule has 1 aromatic heterocycles. The smallest absolute Gasteiger partial charge is 0.255 e. The van der Waals surface area contributed by atoms with Crippen LogP contribution in [0.15, 0.2) is 66.9 Å². The molecule has 3 aliphatic heterocycles. The maximum absolute atomic E-state index is 13.1. The topological polar surface area (TPSA) is 158 Å². The molecule has 3 aromatic carbocycles. The number of piperidine rings is 2. The van der Waals surface area contributed by atoms with Gasteiger partial charge in [-0.1, -0.05) is 41.6 Å². The number of aromatic nitrogens is 2. The molecule has 1 unspecified atom stereocenters. The van der Waals surface area contributed by atoms with Crippen LogP contribution in [0.4, 0.5) is 28.8 Å². The number of halogens is 1. The molecule has 0 bridgehead atoms. The number of methoxy groups -OCH3 is 1. The summed E-state index contributed by atoms with van der Waals surface area (Å²) in [4.78, 5) is 50.0. The van der Waals surface area contributed by atoms with Crippen LogP contribution in [0.3, 0.4) is 0 Å². The zero-order chi connectivity index (χ0) is 40.8. The molecule has 0 radical (unpaired) electrons. The monoisotopic (exact) mass is 822 g/mol. The van der Waals surface area contributed by atoms with Crippen LogP contribution >= 0.6 is 18.7 Å². The van der Waals surface area contributed by atoms with Crippen LogP contribution in [0, 0.1) is 11.8 Å². The lowest BCUT2D eigenvalue weighted by Crippen LogP contribution is -2.52. The van der Waals surface area contributed by atoms with Gasteiger partial charge < -0.3 is 35.1 Å². The largest absolute Gasteiger partial charge is 0.494 e. The van der Waals surface area contributed by atoms with E-state index in [4.69, 9.17) is 16.3 Å². The number of anilines is 5. The fourth-order valence-corrected chi connectivity index (χ4v) is 8.93. The molecule has 0 saturated carbocycles. The van der Waals surface area contributed by atoms with Crippen molar-refractivity contribution >= 4 is 70.6 Å². The van der Waals surface area contributed by atoms with Gasteiger partial charge in [-0.15, -0.1) is 0 Å². The summed E-state index contributed by atoms with van der Waals surface area (Å²) in [5, 5.41) is 13.6. The molecule has 7 rings (SSSR count). The molecular weight excluding hydrogens is 775 g/mol. The van der Waals surface area contributed by atoms with E-state index in [1.807, 2.05) is 48.5 Å². The minimum Gasteiger partial charge on any atom is -0.494 e. The second-order valence-corrected chi connectivity index (χ2v) is 18.7. The molecule has 13 nitrogen and oxygen atoms in total. The molecule has 1 atom stereocenters. The predicted octanol–water partition coefficient (Wildman–Crippen LogP) is 6.42. The summed E-state index contributed by atoms with van der Waals surface area (Å²) in [7, 11) is -0.906. The fourth-order valence-electron chi connectivity index (χ4n) is 7.64. The van der Waals surface area contributed by atoms with Gasteiger partial charge >= 0.3 is 0 Å². The van der Waals surface area contributed by atoms with Gasteiger partial charge in [-0.05, 0) is 93.9 Å². The molecule has 4 N–H and O–H groups in total. The number of carbonyl (C=O) groups is 3. The van der Waals surface area contributed by atoms with Gasteiger partial charge in [-0.2, -0.15) is 4.98 Å². The molecule has 3 aliphatic rings. The minimum absolute atomic E-state index is 0.184. The molecule has 3 amide bonds. The zero-order valence-electron chi connectivity index (χ0n) is 32.9. The van der Waals surface area contributed by atoms with Gasteiger partial charge in [-0.25, -0.2) is 4.98 Å². The second-order valence-electron chi connectivity index (χ2n) is 15.1. The number of fused-ring (bicyclic) bond motifs is 1. The molecule has 2 fully saturated rings. The number of para-hydroxylation sites is 1. The Balaban J connectivity index is 0.857. The first kappa shape index (κ1) is 40.8. The predicted molar refractivity (Wildman–Crippen MR) is 229 cm³/mol. The standard InChI is InChI=1S/C43H48ClN8O5P/c1-57-37-25-30(16-17-34(37)48-43-46-26-33(44)40(50-43)47-35-14-7-8-15-38(35)58(2,3)56)51-23-20-29(21-24-51)45-22-9-5-4-6-11-28-12-10-13-31-32(28)27-52(42(31)55)36-18-19-39(53)49-41(36)54/h7-8,10,12-17,25-26,29,36,45H,4-5,9,18-24,27H2,1-3H3,(H,49,53,54)(H2,46,47,48,50). The number of imide groups is 1. The molecule has 302 valence electrons. The summed E-state index contributed by atoms with van der Waals surface area (Å²) in [6.45, 7) is 6.54. The van der Waals surface area contributed by atoms with Crippen molar-refractivity contribution in [2.75, 3.05) is 55.6 Å². The van der Waals surface area contributed by atoms with Crippen molar-refractivity contribution in [1.29, 1.82) is 0 Å². The lowest BCUT2D eigenvalue weighted by atomic mass is 10.0. The molecule has 2 saturated heterocycles. The van der Waals surface area contributed by atoms with Crippen molar-refractivity contribution in [3.05, 3.63) is 88.6 Å². The number of rotatable bonds is 13. The van der Waals surface area contributed by atoms with Crippen molar-refractivity contribution in [2.45, 2.75) is 63.6 Å². The van der Waals surface area contributed by atoms with Crippen LogP contribution in [0.5, 0.6) is 5.75 Å². The summed E-state index contributed by atoms with van der Waals surface area (Å²) < 4.78 is 18.7. The van der Waals surface area contributed by atoms with Gasteiger partial charge in [0.15, 0.2) is 5.82 Å². The number of nitrogens with zero attached hydrogens (tertiary/aromatic N) is 4. The van der Waals surface area contributed by atoms with Crippen LogP contribution in [0.1, 0.15) is 66.4 Å². The number of ether oxygens (including phenoxy) is 1. The molecule has 0 spiro atoms. The highest BCUT2D eigenvalue weighted by Crippen LogP contribution is 2.39. The average Bonchev–Trinajstić information content (AvgIpc) is 3.55. The number of hydrogen-bond acceptors (Lipinski definition) is 11. The third-order valence-electron chi connectivity index (χ3n) is 10.7. The van der Waals surface area contributed by atoms with Crippen LogP contribution in [-0.2, 0) is 20.7 Å². The molecule has 15 heteroatoms. The number of hydrogen-bond donors (Lipinski definition) is 4. The van der Waals surface area contributed by atoms with E-state index in [1.54, 1.807) is 31.4 Å². The summed E-state index contributed by atoms with van der Waals surface area (Å²) in [5.41, 5.74) is 4.73. The van der Waals surface area contributed by atoms with Gasteiger partial charge in [0, 0.05) is 66.7 Å². The second kappa shape index (κ2) is 18.0. The number of carbonyl (C=O) groups excluding carboxylic acids is 3. The normalized spacial score (nSPS) is 17.0. The lowest BCUT2D eigenvalue weighted by molar-refractivity contribution is -0.136. The Labute approximate surface area is 344 Å². The van der Waals surface area contributed by atoms with E-state index in [0.29, 0.717) is 63.8 Å². The third kappa shape index (κ3) is 9.47. The fraction of sp³-hybridized carbons (Fsp3) is 0.372. The zero-order valence-corrected chi connectivity index (χ0v) is 34.6. The summed E-state index contributed by atoms with van der Waals surface area (Å²) in [5.74, 6) is 7.06. The van der Waals surface area contributed by atoms with Gasteiger partial charge in [0.05, 0.1) is 24.7 Å². The SMILES string of the molecule is COc1cc(N2CCC(NCCCCC#Cc3cccc4c3CN(C3CCC(=O)NC3=O)C4=O)CC2)ccc1Nc1ncc(Cl)c(Nc2ccccc2P(C)(C)=O)n1. The Kier molecular flexibility index (Phi) is 12.7. The van der Waals surface area contributed by atoms with Crippen LogP contribution in [-0.4, -0.2) is 84.7 Å².